The van der Waals surface area contributed by atoms with E-state index >= 15 is 0 Å². The maximum Gasteiger partial charge on any atom is 0.255 e. The summed E-state index contributed by atoms with van der Waals surface area (Å²) < 4.78 is 5.42. The predicted molar refractivity (Wildman–Crippen MR) is 157 cm³/mol. The molecule has 1 fully saturated rings. The lowest BCUT2D eigenvalue weighted by atomic mass is 9.97. The number of benzene rings is 4. The Morgan fingerprint density at radius 2 is 1.56 bits per heavy atom. The Balaban J connectivity index is 1.24. The number of halogens is 1. The first kappa shape index (κ1) is 26.5. The van der Waals surface area contributed by atoms with Gasteiger partial charge in [0.05, 0.1) is 13.2 Å². The molecule has 1 saturated heterocycles. The summed E-state index contributed by atoms with van der Waals surface area (Å²) in [6, 6.07) is 28.4. The molecule has 0 spiro atoms. The quantitative estimate of drug-likeness (QED) is 0.288. The van der Waals surface area contributed by atoms with Gasteiger partial charge in [0.15, 0.2) is 0 Å². The Bertz CT molecular complexity index is 1460. The van der Waals surface area contributed by atoms with E-state index in [1.54, 1.807) is 18.2 Å². The third-order valence-electron chi connectivity index (χ3n) is 6.80. The molecule has 2 N–H and O–H groups in total. The second-order valence-corrected chi connectivity index (χ2v) is 9.96. The number of aryl methyl sites for hydroxylation is 1. The van der Waals surface area contributed by atoms with Gasteiger partial charge < -0.3 is 20.3 Å². The van der Waals surface area contributed by atoms with Crippen molar-refractivity contribution in [2.75, 3.05) is 36.5 Å². The van der Waals surface area contributed by atoms with Crippen molar-refractivity contribution in [1.82, 2.24) is 5.32 Å². The van der Waals surface area contributed by atoms with Crippen LogP contribution in [0.15, 0.2) is 91.0 Å². The van der Waals surface area contributed by atoms with Gasteiger partial charge in [-0.25, -0.2) is 0 Å². The second kappa shape index (κ2) is 12.2. The van der Waals surface area contributed by atoms with E-state index in [1.165, 1.54) is 0 Å². The van der Waals surface area contributed by atoms with Crippen LogP contribution in [0.2, 0.25) is 5.02 Å². The molecule has 6 nitrogen and oxygen atoms in total. The molecule has 0 aromatic heterocycles. The number of hydrogen-bond acceptors (Lipinski definition) is 4. The van der Waals surface area contributed by atoms with Crippen molar-refractivity contribution in [1.29, 1.82) is 0 Å². The summed E-state index contributed by atoms with van der Waals surface area (Å²) in [5, 5.41) is 6.56. The van der Waals surface area contributed by atoms with Crippen molar-refractivity contribution in [3.63, 3.8) is 0 Å². The minimum absolute atomic E-state index is 0.161. The molecule has 0 bridgehead atoms. The van der Waals surface area contributed by atoms with Gasteiger partial charge in [0, 0.05) is 47.2 Å². The van der Waals surface area contributed by atoms with Crippen LogP contribution < -0.4 is 15.5 Å². The van der Waals surface area contributed by atoms with Gasteiger partial charge in [-0.3, -0.25) is 9.59 Å². The highest BCUT2D eigenvalue weighted by molar-refractivity contribution is 6.30. The molecule has 198 valence electrons. The maximum absolute atomic E-state index is 13.0. The summed E-state index contributed by atoms with van der Waals surface area (Å²) in [4.78, 5) is 28.0. The highest BCUT2D eigenvalue weighted by atomic mass is 35.5. The highest BCUT2D eigenvalue weighted by Crippen LogP contribution is 2.26. The first-order valence-electron chi connectivity index (χ1n) is 12.9. The van der Waals surface area contributed by atoms with E-state index in [1.807, 2.05) is 79.7 Å². The minimum Gasteiger partial charge on any atom is -0.378 e. The van der Waals surface area contributed by atoms with E-state index in [2.05, 4.69) is 15.5 Å². The topological polar surface area (TPSA) is 70.7 Å². The Morgan fingerprint density at radius 1 is 0.846 bits per heavy atom. The number of nitrogens with zero attached hydrogens (tertiary/aromatic N) is 1. The molecule has 2 amide bonds. The molecule has 0 unspecified atom stereocenters. The normalized spacial score (nSPS) is 13.1. The third kappa shape index (κ3) is 6.66. The van der Waals surface area contributed by atoms with Crippen LogP contribution in [0, 0.1) is 6.92 Å². The van der Waals surface area contributed by atoms with Crippen LogP contribution in [0.1, 0.15) is 31.8 Å². The molecule has 4 aromatic rings. The molecule has 0 radical (unpaired) electrons. The van der Waals surface area contributed by atoms with Crippen LogP contribution in [-0.4, -0.2) is 38.1 Å². The lowest BCUT2D eigenvalue weighted by molar-refractivity contribution is 0.0950. The molecular formula is C32H30ClN3O3. The zero-order chi connectivity index (χ0) is 27.2. The summed E-state index contributed by atoms with van der Waals surface area (Å²) in [6.45, 7) is 5.60. The Kier molecular flexibility index (Phi) is 8.25. The first-order chi connectivity index (χ1) is 19.0. The highest BCUT2D eigenvalue weighted by Gasteiger charge is 2.13. The molecule has 0 atom stereocenters. The lowest BCUT2D eigenvalue weighted by Gasteiger charge is -2.28. The Labute approximate surface area is 233 Å². The van der Waals surface area contributed by atoms with Crippen LogP contribution in [0.5, 0.6) is 0 Å². The van der Waals surface area contributed by atoms with Crippen LogP contribution in [-0.2, 0) is 11.3 Å². The number of carbonyl (C=O) groups is 2. The molecule has 5 rings (SSSR count). The van der Waals surface area contributed by atoms with E-state index in [9.17, 15) is 9.59 Å². The average molecular weight is 540 g/mol. The summed E-state index contributed by atoms with van der Waals surface area (Å²) in [6.07, 6.45) is 0. The summed E-state index contributed by atoms with van der Waals surface area (Å²) in [5.41, 5.74) is 6.84. The zero-order valence-corrected chi connectivity index (χ0v) is 22.5. The van der Waals surface area contributed by atoms with Crippen LogP contribution in [0.25, 0.3) is 11.1 Å². The number of ether oxygens (including phenoxy) is 1. The number of nitrogens with one attached hydrogen (secondary N) is 2. The number of hydrogen-bond donors (Lipinski definition) is 2. The standard InChI is InChI=1S/C32H30ClN3O3/c1-22-5-6-26(32(38)35-28-11-13-29(14-12-28)36-15-17-39-18-16-36)20-30(22)24-7-9-25(10-8-24)31(37)34-21-23-3-2-4-27(33)19-23/h2-14,19-20H,15-18,21H2,1H3,(H,34,37)(H,35,38). The average Bonchev–Trinajstić information content (AvgIpc) is 2.97. The van der Waals surface area contributed by atoms with E-state index in [4.69, 9.17) is 16.3 Å². The molecule has 0 saturated carbocycles. The van der Waals surface area contributed by atoms with Crippen molar-refractivity contribution in [2.24, 2.45) is 0 Å². The fraction of sp³-hybridized carbons (Fsp3) is 0.188. The SMILES string of the molecule is Cc1ccc(C(=O)Nc2ccc(N3CCOCC3)cc2)cc1-c1ccc(C(=O)NCc2cccc(Cl)c2)cc1. The summed E-state index contributed by atoms with van der Waals surface area (Å²) in [5.74, 6) is -0.335. The fourth-order valence-electron chi connectivity index (χ4n) is 4.59. The molecule has 0 aliphatic carbocycles. The van der Waals surface area contributed by atoms with Gasteiger partial charge in [0.25, 0.3) is 11.8 Å². The predicted octanol–water partition coefficient (Wildman–Crippen LogP) is 6.33. The summed E-state index contributed by atoms with van der Waals surface area (Å²) in [7, 11) is 0. The van der Waals surface area contributed by atoms with Gasteiger partial charge in [-0.1, -0.05) is 41.9 Å². The molecular weight excluding hydrogens is 510 g/mol. The van der Waals surface area contributed by atoms with Gasteiger partial charge in [0.1, 0.15) is 0 Å². The van der Waals surface area contributed by atoms with Gasteiger partial charge >= 0.3 is 0 Å². The number of amides is 2. The van der Waals surface area contributed by atoms with E-state index < -0.39 is 0 Å². The van der Waals surface area contributed by atoms with E-state index in [0.29, 0.717) is 22.7 Å². The molecule has 1 heterocycles. The largest absolute Gasteiger partial charge is 0.378 e. The second-order valence-electron chi connectivity index (χ2n) is 9.52. The molecule has 1 aliphatic rings. The molecule has 39 heavy (non-hydrogen) atoms. The molecule has 4 aromatic carbocycles. The number of carbonyl (C=O) groups excluding carboxylic acids is 2. The monoisotopic (exact) mass is 539 g/mol. The maximum atomic E-state index is 13.0. The smallest absolute Gasteiger partial charge is 0.255 e. The molecule has 7 heteroatoms. The van der Waals surface area contributed by atoms with Crippen molar-refractivity contribution >= 4 is 34.8 Å². The Morgan fingerprint density at radius 3 is 2.28 bits per heavy atom. The van der Waals surface area contributed by atoms with Crippen LogP contribution in [0.4, 0.5) is 11.4 Å². The number of rotatable bonds is 7. The van der Waals surface area contributed by atoms with Crippen LogP contribution in [0.3, 0.4) is 0 Å². The van der Waals surface area contributed by atoms with E-state index in [-0.39, 0.29) is 11.8 Å². The lowest BCUT2D eigenvalue weighted by Crippen LogP contribution is -2.36. The summed E-state index contributed by atoms with van der Waals surface area (Å²) >= 11 is 6.03. The molecule has 1 aliphatic heterocycles. The number of anilines is 2. The van der Waals surface area contributed by atoms with Crippen LogP contribution >= 0.6 is 11.6 Å². The number of morpholine rings is 1. The minimum atomic E-state index is -0.174. The van der Waals surface area contributed by atoms with Crippen molar-refractivity contribution in [3.8, 4) is 11.1 Å². The van der Waals surface area contributed by atoms with Gasteiger partial charge in [-0.15, -0.1) is 0 Å². The third-order valence-corrected chi connectivity index (χ3v) is 7.04. The van der Waals surface area contributed by atoms with Gasteiger partial charge in [0.2, 0.25) is 0 Å². The van der Waals surface area contributed by atoms with Gasteiger partial charge in [-0.2, -0.15) is 0 Å². The van der Waals surface area contributed by atoms with Crippen molar-refractivity contribution in [3.05, 3.63) is 118 Å². The fourth-order valence-corrected chi connectivity index (χ4v) is 4.80. The van der Waals surface area contributed by atoms with Gasteiger partial charge in [-0.05, 0) is 89.8 Å². The Hall–Kier alpha value is -4.13. The zero-order valence-electron chi connectivity index (χ0n) is 21.7. The van der Waals surface area contributed by atoms with E-state index in [0.717, 1.165) is 59.9 Å². The van der Waals surface area contributed by atoms with Crippen molar-refractivity contribution in [2.45, 2.75) is 13.5 Å². The first-order valence-corrected chi connectivity index (χ1v) is 13.3. The van der Waals surface area contributed by atoms with Crippen molar-refractivity contribution < 1.29 is 14.3 Å².